The number of hydrogen-bond donors (Lipinski definition) is 8. The number of amides is 2. The standard InChI is InChI=1S/C45H52Cl2N2O14/c1-45(2,47)26-18-49(28-15-30(23-9-4-6-11-25(23)36(26)28)61-44-42(59)40(57)38(55)32(20-51)63-44)34(53)13-7-12-33(52)48-17-21(16-46)35-24-10-5-3-8-22(24)29(14-27(35)48)60-43-41(58)39(56)37(54)31(19-50)62-43/h3-6,8-11,14-15,21,26,31-32,37-44,50-51,54-59H,7,12-13,16-20H2,1-2H3. The fourth-order valence-corrected chi connectivity index (χ4v) is 9.75. The molecule has 4 heterocycles. The first-order valence-electron chi connectivity index (χ1n) is 21.0. The molecule has 12 atom stereocenters. The summed E-state index contributed by atoms with van der Waals surface area (Å²) in [4.78, 5) is 30.8. The molecule has 16 nitrogen and oxygen atoms in total. The smallest absolute Gasteiger partial charge is 0.229 e. The first-order valence-corrected chi connectivity index (χ1v) is 21.9. The van der Waals surface area contributed by atoms with E-state index in [4.69, 9.17) is 42.1 Å². The van der Waals surface area contributed by atoms with Gasteiger partial charge >= 0.3 is 0 Å². The number of benzene rings is 4. The number of ether oxygens (including phenoxy) is 4. The summed E-state index contributed by atoms with van der Waals surface area (Å²) in [6.45, 7) is 2.96. The van der Waals surface area contributed by atoms with Crippen LogP contribution in [0.1, 0.15) is 56.1 Å². The molecule has 18 heteroatoms. The van der Waals surface area contributed by atoms with E-state index >= 15 is 0 Å². The second kappa shape index (κ2) is 18.2. The van der Waals surface area contributed by atoms with Crippen molar-refractivity contribution < 1.29 is 69.4 Å². The monoisotopic (exact) mass is 914 g/mol. The summed E-state index contributed by atoms with van der Waals surface area (Å²) >= 11 is 13.5. The van der Waals surface area contributed by atoms with Gasteiger partial charge in [0.05, 0.1) is 24.6 Å². The average molecular weight is 916 g/mol. The molecule has 8 rings (SSSR count). The molecular formula is C45H52Cl2N2O14. The number of hydrogen-bond acceptors (Lipinski definition) is 14. The Hall–Kier alpha value is -3.88. The van der Waals surface area contributed by atoms with Gasteiger partial charge in [-0.15, -0.1) is 23.2 Å². The lowest BCUT2D eigenvalue weighted by Gasteiger charge is -2.39. The molecule has 0 aliphatic carbocycles. The molecule has 0 aromatic heterocycles. The third-order valence-electron chi connectivity index (χ3n) is 12.7. The van der Waals surface area contributed by atoms with Gasteiger partial charge in [0.2, 0.25) is 24.4 Å². The van der Waals surface area contributed by atoms with Crippen molar-refractivity contribution in [3.63, 3.8) is 0 Å². The molecule has 8 N–H and O–H groups in total. The summed E-state index contributed by atoms with van der Waals surface area (Å²) in [5, 5.41) is 85.4. The van der Waals surface area contributed by atoms with Crippen LogP contribution in [-0.4, -0.2) is 151 Å². The van der Waals surface area contributed by atoms with E-state index in [-0.39, 0.29) is 73.4 Å². The number of aliphatic hydroxyl groups excluding tert-OH is 8. The minimum absolute atomic E-state index is 0.00969. The third kappa shape index (κ3) is 8.34. The van der Waals surface area contributed by atoms with Crippen molar-refractivity contribution in [2.24, 2.45) is 0 Å². The molecular weight excluding hydrogens is 863 g/mol. The maximum atomic E-state index is 14.3. The maximum absolute atomic E-state index is 14.3. The zero-order valence-electron chi connectivity index (χ0n) is 34.5. The lowest BCUT2D eigenvalue weighted by molar-refractivity contribution is -0.277. The fourth-order valence-electron chi connectivity index (χ4n) is 9.32. The number of halogens is 2. The Bertz CT molecular complexity index is 2340. The number of carbonyl (C=O) groups is 2. The molecule has 63 heavy (non-hydrogen) atoms. The lowest BCUT2D eigenvalue weighted by atomic mass is 9.86. The number of anilines is 2. The van der Waals surface area contributed by atoms with Crippen molar-refractivity contribution >= 4 is 67.9 Å². The highest BCUT2D eigenvalue weighted by molar-refractivity contribution is 6.24. The largest absolute Gasteiger partial charge is 0.461 e. The van der Waals surface area contributed by atoms with Crippen LogP contribution in [0.3, 0.4) is 0 Å². The highest BCUT2D eigenvalue weighted by Gasteiger charge is 2.47. The van der Waals surface area contributed by atoms with Crippen molar-refractivity contribution in [2.75, 3.05) is 42.0 Å². The average Bonchev–Trinajstić information content (AvgIpc) is 3.86. The maximum Gasteiger partial charge on any atom is 0.229 e. The molecule has 2 saturated heterocycles. The van der Waals surface area contributed by atoms with Crippen LogP contribution in [-0.2, 0) is 19.1 Å². The summed E-state index contributed by atoms with van der Waals surface area (Å²) in [7, 11) is 0. The molecule has 2 amide bonds. The number of fused-ring (bicyclic) bond motifs is 6. The number of nitrogens with zero attached hydrogens (tertiary/aromatic N) is 2. The van der Waals surface area contributed by atoms with Crippen molar-refractivity contribution in [1.29, 1.82) is 0 Å². The number of carbonyl (C=O) groups excluding carboxylic acids is 2. The summed E-state index contributed by atoms with van der Waals surface area (Å²) in [6, 6.07) is 17.9. The predicted octanol–water partition coefficient (Wildman–Crippen LogP) is 2.34. The van der Waals surface area contributed by atoms with Gasteiger partial charge in [-0.2, -0.15) is 0 Å². The van der Waals surface area contributed by atoms with Crippen LogP contribution in [0.4, 0.5) is 11.4 Å². The van der Waals surface area contributed by atoms with E-state index in [0.717, 1.165) is 21.9 Å². The Morgan fingerprint density at radius 2 is 1.10 bits per heavy atom. The summed E-state index contributed by atoms with van der Waals surface area (Å²) in [6.07, 6.45) is -15.0. The lowest BCUT2D eigenvalue weighted by Crippen LogP contribution is -2.60. The van der Waals surface area contributed by atoms with Crippen LogP contribution in [0, 0.1) is 0 Å². The van der Waals surface area contributed by atoms with Gasteiger partial charge in [0.1, 0.15) is 60.3 Å². The normalized spacial score (nSPS) is 30.7. The van der Waals surface area contributed by atoms with Crippen molar-refractivity contribution in [3.05, 3.63) is 71.8 Å². The highest BCUT2D eigenvalue weighted by atomic mass is 35.5. The van der Waals surface area contributed by atoms with E-state index < -0.39 is 79.5 Å². The van der Waals surface area contributed by atoms with Crippen LogP contribution in [0.5, 0.6) is 11.5 Å². The molecule has 0 bridgehead atoms. The van der Waals surface area contributed by atoms with Crippen LogP contribution in [0.2, 0.25) is 0 Å². The van der Waals surface area contributed by atoms with Crippen molar-refractivity contribution in [1.82, 2.24) is 0 Å². The van der Waals surface area contributed by atoms with Crippen molar-refractivity contribution in [2.45, 2.75) is 111 Å². The molecule has 0 radical (unpaired) electrons. The van der Waals surface area contributed by atoms with Gasteiger partial charge in [0.25, 0.3) is 0 Å². The van der Waals surface area contributed by atoms with Gasteiger partial charge in [0, 0.05) is 71.4 Å². The van der Waals surface area contributed by atoms with Gasteiger partial charge in [-0.3, -0.25) is 9.59 Å². The minimum Gasteiger partial charge on any atom is -0.461 e. The topological polar surface area (TPSA) is 239 Å². The fraction of sp³-hybridized carbons (Fsp3) is 0.511. The number of aliphatic hydroxyl groups is 8. The second-order valence-corrected chi connectivity index (χ2v) is 18.4. The van der Waals surface area contributed by atoms with Gasteiger partial charge in [-0.05, 0) is 42.2 Å². The van der Waals surface area contributed by atoms with E-state index in [1.807, 2.05) is 44.2 Å². The van der Waals surface area contributed by atoms with Gasteiger partial charge < -0.3 is 69.6 Å². The molecule has 0 spiro atoms. The van der Waals surface area contributed by atoms with Crippen molar-refractivity contribution in [3.8, 4) is 11.5 Å². The molecule has 0 saturated carbocycles. The van der Waals surface area contributed by atoms with Gasteiger partial charge in [-0.1, -0.05) is 48.5 Å². The predicted molar refractivity (Wildman–Crippen MR) is 231 cm³/mol. The SMILES string of the molecule is CC(C)(Cl)C1CN(C(=O)CCCC(=O)N2CC(CCl)c3c2cc(OC2OC(CO)C(O)C(O)C2O)c2ccccc32)c2cc(OC3OC(CO)C(O)C(O)C3O)c3ccccc3c21. The number of alkyl halides is 2. The molecule has 4 aliphatic heterocycles. The Morgan fingerprint density at radius 3 is 1.54 bits per heavy atom. The Morgan fingerprint density at radius 1 is 0.667 bits per heavy atom. The first kappa shape index (κ1) is 45.7. The first-order chi connectivity index (χ1) is 30.1. The second-order valence-electron chi connectivity index (χ2n) is 17.2. The number of rotatable bonds is 12. The Kier molecular flexibility index (Phi) is 13.2. The Labute approximate surface area is 372 Å². The van der Waals surface area contributed by atoms with Crippen LogP contribution in [0.25, 0.3) is 21.5 Å². The minimum atomic E-state index is -1.66. The summed E-state index contributed by atoms with van der Waals surface area (Å²) < 4.78 is 23.6. The van der Waals surface area contributed by atoms with E-state index in [1.54, 1.807) is 40.1 Å². The zero-order valence-corrected chi connectivity index (χ0v) is 36.0. The van der Waals surface area contributed by atoms with E-state index in [9.17, 15) is 50.4 Å². The van der Waals surface area contributed by atoms with Crippen LogP contribution in [0.15, 0.2) is 60.7 Å². The third-order valence-corrected chi connectivity index (χ3v) is 13.4. The van der Waals surface area contributed by atoms with E-state index in [1.165, 1.54) is 0 Å². The molecule has 4 aromatic rings. The van der Waals surface area contributed by atoms with E-state index in [2.05, 4.69) is 0 Å². The van der Waals surface area contributed by atoms with Gasteiger partial charge in [-0.25, -0.2) is 0 Å². The summed E-state index contributed by atoms with van der Waals surface area (Å²) in [5.74, 6) is -0.465. The molecule has 4 aromatic carbocycles. The van der Waals surface area contributed by atoms with Crippen LogP contribution >= 0.6 is 23.2 Å². The summed E-state index contributed by atoms with van der Waals surface area (Å²) in [5.41, 5.74) is 2.67. The highest BCUT2D eigenvalue weighted by Crippen LogP contribution is 2.51. The van der Waals surface area contributed by atoms with E-state index in [0.29, 0.717) is 22.1 Å². The zero-order chi connectivity index (χ0) is 45.1. The quantitative estimate of drug-likeness (QED) is 0.0953. The Balaban J connectivity index is 1.04. The van der Waals surface area contributed by atoms with Crippen LogP contribution < -0.4 is 19.3 Å². The molecule has 2 fully saturated rings. The molecule has 4 aliphatic rings. The van der Waals surface area contributed by atoms with Gasteiger partial charge in [0.15, 0.2) is 0 Å². The molecule has 12 unspecified atom stereocenters. The molecule has 340 valence electrons.